The van der Waals surface area contributed by atoms with E-state index in [0.717, 1.165) is 19.3 Å². The number of carbonyl (C=O) groups excluding carboxylic acids is 2. The molecule has 24 heavy (non-hydrogen) atoms. The van der Waals surface area contributed by atoms with Crippen molar-refractivity contribution in [2.24, 2.45) is 5.92 Å². The highest BCUT2D eigenvalue weighted by Crippen LogP contribution is 2.25. The average Bonchev–Trinajstić information content (AvgIpc) is 2.46. The van der Waals surface area contributed by atoms with Gasteiger partial charge in [0.25, 0.3) is 0 Å². The van der Waals surface area contributed by atoms with Crippen molar-refractivity contribution in [2.45, 2.75) is 71.4 Å². The van der Waals surface area contributed by atoms with E-state index in [9.17, 15) is 19.5 Å². The minimum Gasteiger partial charge on any atom is -0.481 e. The second-order valence-corrected chi connectivity index (χ2v) is 7.04. The molecule has 1 aliphatic rings. The van der Waals surface area contributed by atoms with Crippen LogP contribution in [0.15, 0.2) is 0 Å². The van der Waals surface area contributed by atoms with Crippen LogP contribution in [0.3, 0.4) is 0 Å². The van der Waals surface area contributed by atoms with Gasteiger partial charge in [-0.2, -0.15) is 0 Å². The molecule has 1 saturated heterocycles. The molecule has 0 saturated carbocycles. The summed E-state index contributed by atoms with van der Waals surface area (Å²) in [4.78, 5) is 37.0. The number of carboxylic acid groups (broad SMARTS) is 1. The van der Waals surface area contributed by atoms with E-state index in [4.69, 9.17) is 9.47 Å². The Labute approximate surface area is 143 Å². The van der Waals surface area contributed by atoms with Crippen molar-refractivity contribution in [1.82, 2.24) is 4.90 Å². The molecular weight excluding hydrogens is 314 g/mol. The molecule has 1 fully saturated rings. The maximum Gasteiger partial charge on any atom is 0.410 e. The molecule has 1 heterocycles. The number of carbonyl (C=O) groups is 3. The summed E-state index contributed by atoms with van der Waals surface area (Å²) in [6.45, 7) is 7.82. The second-order valence-electron chi connectivity index (χ2n) is 7.04. The monoisotopic (exact) mass is 343 g/mol. The molecule has 7 nitrogen and oxygen atoms in total. The van der Waals surface area contributed by atoms with E-state index in [2.05, 4.69) is 0 Å². The summed E-state index contributed by atoms with van der Waals surface area (Å²) in [5.74, 6) is -3.09. The minimum atomic E-state index is -1.19. The van der Waals surface area contributed by atoms with Crippen LogP contribution in [-0.2, 0) is 19.1 Å². The number of hydrogen-bond acceptors (Lipinski definition) is 5. The highest BCUT2D eigenvalue weighted by molar-refractivity contribution is 5.93. The lowest BCUT2D eigenvalue weighted by atomic mass is 9.93. The van der Waals surface area contributed by atoms with E-state index in [-0.39, 0.29) is 25.2 Å². The van der Waals surface area contributed by atoms with Gasteiger partial charge in [-0.05, 0) is 59.8 Å². The summed E-state index contributed by atoms with van der Waals surface area (Å²) < 4.78 is 10.2. The predicted octanol–water partition coefficient (Wildman–Crippen LogP) is 2.82. The Kier molecular flexibility index (Phi) is 7.51. The molecule has 0 bridgehead atoms. The third-order valence-electron chi connectivity index (χ3n) is 3.91. The first kappa shape index (κ1) is 20.3. The molecule has 2 atom stereocenters. The summed E-state index contributed by atoms with van der Waals surface area (Å²) in [5, 5.41) is 9.22. The van der Waals surface area contributed by atoms with Crippen LogP contribution >= 0.6 is 0 Å². The fourth-order valence-corrected chi connectivity index (χ4v) is 2.81. The zero-order valence-electron chi connectivity index (χ0n) is 15.0. The van der Waals surface area contributed by atoms with E-state index in [0.29, 0.717) is 13.0 Å². The summed E-state index contributed by atoms with van der Waals surface area (Å²) >= 11 is 0. The molecule has 1 N–H and O–H groups in total. The van der Waals surface area contributed by atoms with Crippen LogP contribution in [0.25, 0.3) is 0 Å². The minimum absolute atomic E-state index is 0.107. The smallest absolute Gasteiger partial charge is 0.410 e. The Morgan fingerprint density at radius 3 is 2.46 bits per heavy atom. The summed E-state index contributed by atoms with van der Waals surface area (Å²) in [7, 11) is 0. The molecule has 0 spiro atoms. The molecule has 0 aliphatic carbocycles. The first-order valence-electron chi connectivity index (χ1n) is 8.54. The van der Waals surface area contributed by atoms with Crippen molar-refractivity contribution < 1.29 is 29.0 Å². The lowest BCUT2D eigenvalue weighted by Crippen LogP contribution is -2.46. The Bertz CT molecular complexity index is 456. The van der Waals surface area contributed by atoms with Crippen LogP contribution in [0.4, 0.5) is 4.79 Å². The summed E-state index contributed by atoms with van der Waals surface area (Å²) in [6, 6.07) is -0.107. The van der Waals surface area contributed by atoms with Crippen LogP contribution in [0.5, 0.6) is 0 Å². The molecule has 138 valence electrons. The highest BCUT2D eigenvalue weighted by Gasteiger charge is 2.33. The second kappa shape index (κ2) is 8.89. The number of hydrogen-bond donors (Lipinski definition) is 1. The number of nitrogens with zero attached hydrogens (tertiary/aromatic N) is 1. The van der Waals surface area contributed by atoms with Gasteiger partial charge in [0, 0.05) is 12.6 Å². The number of piperidine rings is 1. The van der Waals surface area contributed by atoms with Crippen molar-refractivity contribution in [1.29, 1.82) is 0 Å². The van der Waals surface area contributed by atoms with Gasteiger partial charge < -0.3 is 19.5 Å². The number of carboxylic acids is 1. The van der Waals surface area contributed by atoms with Gasteiger partial charge in [0.15, 0.2) is 5.92 Å². The van der Waals surface area contributed by atoms with Gasteiger partial charge in [0.05, 0.1) is 6.61 Å². The van der Waals surface area contributed by atoms with Crippen molar-refractivity contribution >= 4 is 18.0 Å². The Morgan fingerprint density at radius 2 is 1.92 bits per heavy atom. The summed E-state index contributed by atoms with van der Waals surface area (Å²) in [6.07, 6.45) is 2.87. The first-order valence-corrected chi connectivity index (χ1v) is 8.54. The van der Waals surface area contributed by atoms with Gasteiger partial charge in [0.1, 0.15) is 5.60 Å². The topological polar surface area (TPSA) is 93.1 Å². The quantitative estimate of drug-likeness (QED) is 0.589. The van der Waals surface area contributed by atoms with E-state index in [1.807, 2.05) is 20.8 Å². The standard InChI is InChI=1S/C17H29NO6/c1-5-23-15(21)13(14(19)20)10-9-12-8-6-7-11-18(12)16(22)24-17(2,3)4/h12-13H,5-11H2,1-4H3,(H,19,20)/t12-,13?/m0/s1. The molecule has 7 heteroatoms. The van der Waals surface area contributed by atoms with Gasteiger partial charge >= 0.3 is 18.0 Å². The van der Waals surface area contributed by atoms with E-state index < -0.39 is 23.5 Å². The number of rotatable bonds is 6. The number of ether oxygens (including phenoxy) is 2. The zero-order valence-corrected chi connectivity index (χ0v) is 15.0. The third kappa shape index (κ3) is 6.37. The van der Waals surface area contributed by atoms with Gasteiger partial charge in [0.2, 0.25) is 0 Å². The molecule has 0 aromatic rings. The summed E-state index contributed by atoms with van der Waals surface area (Å²) in [5.41, 5.74) is -0.576. The van der Waals surface area contributed by atoms with Crippen LogP contribution in [0.2, 0.25) is 0 Å². The van der Waals surface area contributed by atoms with E-state index in [1.165, 1.54) is 0 Å². The fourth-order valence-electron chi connectivity index (χ4n) is 2.81. The molecule has 0 aromatic carbocycles. The molecule has 0 aromatic heterocycles. The van der Waals surface area contributed by atoms with Crippen LogP contribution in [0, 0.1) is 5.92 Å². The Morgan fingerprint density at radius 1 is 1.25 bits per heavy atom. The average molecular weight is 343 g/mol. The number of aliphatic carboxylic acids is 1. The van der Waals surface area contributed by atoms with Crippen molar-refractivity contribution in [3.05, 3.63) is 0 Å². The Hall–Kier alpha value is -1.79. The zero-order chi connectivity index (χ0) is 18.3. The van der Waals surface area contributed by atoms with Gasteiger partial charge in [-0.25, -0.2) is 4.79 Å². The van der Waals surface area contributed by atoms with Crippen molar-refractivity contribution in [3.63, 3.8) is 0 Å². The van der Waals surface area contributed by atoms with Crippen molar-refractivity contribution in [2.75, 3.05) is 13.2 Å². The lowest BCUT2D eigenvalue weighted by Gasteiger charge is -2.37. The molecule has 1 unspecified atom stereocenters. The predicted molar refractivity (Wildman–Crippen MR) is 87.6 cm³/mol. The third-order valence-corrected chi connectivity index (χ3v) is 3.91. The molecule has 1 rings (SSSR count). The number of esters is 1. The Balaban J connectivity index is 2.69. The van der Waals surface area contributed by atoms with E-state index >= 15 is 0 Å². The molecular formula is C17H29NO6. The lowest BCUT2D eigenvalue weighted by molar-refractivity contribution is -0.158. The van der Waals surface area contributed by atoms with Crippen LogP contribution in [-0.4, -0.2) is 52.8 Å². The SMILES string of the molecule is CCOC(=O)C(CC[C@@H]1CCCCN1C(=O)OC(C)(C)C)C(=O)O. The van der Waals surface area contributed by atoms with Gasteiger partial charge in [-0.3, -0.25) is 9.59 Å². The molecule has 1 aliphatic heterocycles. The van der Waals surface area contributed by atoms with Crippen LogP contribution in [0.1, 0.15) is 59.8 Å². The largest absolute Gasteiger partial charge is 0.481 e. The van der Waals surface area contributed by atoms with E-state index in [1.54, 1.807) is 11.8 Å². The fraction of sp³-hybridized carbons (Fsp3) is 0.824. The molecule has 0 radical (unpaired) electrons. The molecule has 1 amide bonds. The first-order chi connectivity index (χ1) is 11.2. The maximum atomic E-state index is 12.3. The number of amides is 1. The maximum absolute atomic E-state index is 12.3. The normalized spacial score (nSPS) is 19.5. The number of likely N-dealkylation sites (tertiary alicyclic amines) is 1. The van der Waals surface area contributed by atoms with Gasteiger partial charge in [-0.1, -0.05) is 0 Å². The van der Waals surface area contributed by atoms with Gasteiger partial charge in [-0.15, -0.1) is 0 Å². The van der Waals surface area contributed by atoms with Crippen LogP contribution < -0.4 is 0 Å². The highest BCUT2D eigenvalue weighted by atomic mass is 16.6. The van der Waals surface area contributed by atoms with Crippen molar-refractivity contribution in [3.8, 4) is 0 Å².